The fourth-order valence-electron chi connectivity index (χ4n) is 3.76. The third-order valence-electron chi connectivity index (χ3n) is 5.19. The van der Waals surface area contributed by atoms with Crippen LogP contribution in [0.1, 0.15) is 30.3 Å². The Balaban J connectivity index is 1.87. The Morgan fingerprint density at radius 2 is 2.21 bits per heavy atom. The monoisotopic (exact) mass is 396 g/mol. The molecule has 0 radical (unpaired) electrons. The normalized spacial score (nSPS) is 16.6. The van der Waals surface area contributed by atoms with E-state index in [9.17, 15) is 9.59 Å². The lowest BCUT2D eigenvalue weighted by molar-refractivity contribution is 0.0742. The van der Waals surface area contributed by atoms with Crippen LogP contribution in [0.15, 0.2) is 54.1 Å². The molecule has 1 saturated heterocycles. The van der Waals surface area contributed by atoms with Crippen LogP contribution in [0.4, 0.5) is 0 Å². The number of hydrogen-bond acceptors (Lipinski definition) is 3. The second-order valence-corrected chi connectivity index (χ2v) is 7.51. The van der Waals surface area contributed by atoms with Gasteiger partial charge in [-0.05, 0) is 31.9 Å². The van der Waals surface area contributed by atoms with Gasteiger partial charge >= 0.3 is 0 Å². The van der Waals surface area contributed by atoms with Gasteiger partial charge in [-0.1, -0.05) is 29.8 Å². The molecule has 0 N–H and O–H groups in total. The quantitative estimate of drug-likeness (QED) is 0.633. The first-order chi connectivity index (χ1) is 13.5. The summed E-state index contributed by atoms with van der Waals surface area (Å²) in [5.41, 5.74) is 1.74. The summed E-state index contributed by atoms with van der Waals surface area (Å²) >= 11 is 6.14. The van der Waals surface area contributed by atoms with Crippen molar-refractivity contribution in [1.29, 1.82) is 0 Å². The molecule has 1 atom stereocenters. The minimum absolute atomic E-state index is 0.132. The van der Waals surface area contributed by atoms with Gasteiger partial charge in [0.1, 0.15) is 5.69 Å². The van der Waals surface area contributed by atoms with E-state index in [-0.39, 0.29) is 23.2 Å². The lowest BCUT2D eigenvalue weighted by Gasteiger charge is -2.19. The number of hydrogen-bond donors (Lipinski definition) is 0. The van der Waals surface area contributed by atoms with Gasteiger partial charge in [0.05, 0.1) is 5.69 Å². The molecule has 6 nitrogen and oxygen atoms in total. The smallest absolute Gasteiger partial charge is 0.295 e. The van der Waals surface area contributed by atoms with Crippen molar-refractivity contribution < 1.29 is 4.79 Å². The van der Waals surface area contributed by atoms with Crippen LogP contribution >= 0.6 is 11.6 Å². The predicted octanol–water partition coefficient (Wildman–Crippen LogP) is 3.63. The van der Waals surface area contributed by atoms with Crippen LogP contribution in [0.5, 0.6) is 0 Å². The van der Waals surface area contributed by atoms with Crippen LogP contribution in [-0.2, 0) is 6.54 Å². The molecular weight excluding hydrogens is 376 g/mol. The molecule has 28 heavy (non-hydrogen) atoms. The number of carbonyl (C=O) groups is 1. The van der Waals surface area contributed by atoms with E-state index in [2.05, 4.69) is 11.6 Å². The molecule has 0 bridgehead atoms. The Morgan fingerprint density at radius 3 is 2.89 bits per heavy atom. The van der Waals surface area contributed by atoms with Gasteiger partial charge in [-0.15, -0.1) is 6.58 Å². The number of imidazole rings is 1. The average Bonchev–Trinajstić information content (AvgIpc) is 3.30. The number of aromatic nitrogens is 3. The topological polar surface area (TPSA) is 59.6 Å². The number of rotatable bonds is 4. The predicted molar refractivity (Wildman–Crippen MR) is 110 cm³/mol. The van der Waals surface area contributed by atoms with Crippen molar-refractivity contribution in [3.63, 3.8) is 0 Å². The van der Waals surface area contributed by atoms with Crippen molar-refractivity contribution in [3.05, 3.63) is 70.4 Å². The third kappa shape index (κ3) is 3.14. The summed E-state index contributed by atoms with van der Waals surface area (Å²) in [4.78, 5) is 32.1. The molecule has 1 aromatic carbocycles. The van der Waals surface area contributed by atoms with Gasteiger partial charge in [0.15, 0.2) is 0 Å². The molecule has 1 aliphatic rings. The molecule has 3 heterocycles. The summed E-state index contributed by atoms with van der Waals surface area (Å²) in [6.07, 6.45) is 7.09. The summed E-state index contributed by atoms with van der Waals surface area (Å²) in [5.74, 6) is -0.132. The summed E-state index contributed by atoms with van der Waals surface area (Å²) in [5, 5.41) is 0.583. The molecule has 0 aliphatic carbocycles. The number of nitrogens with zero attached hydrogens (tertiary/aromatic N) is 4. The summed E-state index contributed by atoms with van der Waals surface area (Å²) < 4.78 is 3.22. The van der Waals surface area contributed by atoms with Crippen LogP contribution in [0.3, 0.4) is 0 Å². The van der Waals surface area contributed by atoms with Crippen LogP contribution in [0.2, 0.25) is 5.02 Å². The lowest BCUT2D eigenvalue weighted by Crippen LogP contribution is -2.33. The fraction of sp³-hybridized carbons (Fsp3) is 0.286. The van der Waals surface area contributed by atoms with Gasteiger partial charge in [0.2, 0.25) is 5.65 Å². The largest absolute Gasteiger partial charge is 0.335 e. The number of benzene rings is 1. The second kappa shape index (κ2) is 7.28. The second-order valence-electron chi connectivity index (χ2n) is 7.08. The number of amides is 1. The standard InChI is InChI=1S/C21H21ClN4O2/c1-3-9-26-18(15-7-4-8-16(22)11-15)13-24-12-17(23-19(24)21(26)28)20(27)25-10-5-6-14(25)2/h3-4,7-8,11-14H,1,5-6,9-10H2,2H3/t14-/m0/s1. The van der Waals surface area contributed by atoms with Gasteiger partial charge in [0.25, 0.3) is 11.5 Å². The highest BCUT2D eigenvalue weighted by atomic mass is 35.5. The summed E-state index contributed by atoms with van der Waals surface area (Å²) in [7, 11) is 0. The molecule has 144 valence electrons. The first-order valence-electron chi connectivity index (χ1n) is 9.30. The molecular formula is C21H21ClN4O2. The van der Waals surface area contributed by atoms with Crippen molar-refractivity contribution >= 4 is 23.2 Å². The molecule has 0 saturated carbocycles. The Hall–Kier alpha value is -2.86. The minimum atomic E-state index is -0.272. The summed E-state index contributed by atoms with van der Waals surface area (Å²) in [6.45, 7) is 6.84. The van der Waals surface area contributed by atoms with Crippen molar-refractivity contribution in [2.45, 2.75) is 32.4 Å². The van der Waals surface area contributed by atoms with Gasteiger partial charge in [-0.2, -0.15) is 0 Å². The molecule has 0 unspecified atom stereocenters. The SMILES string of the molecule is C=CCn1c(-c2cccc(Cl)c2)cn2cc(C(=O)N3CCC[C@@H]3C)nc2c1=O. The van der Waals surface area contributed by atoms with Crippen LogP contribution in [0, 0.1) is 0 Å². The Bertz CT molecular complexity index is 1130. The molecule has 7 heteroatoms. The van der Waals surface area contributed by atoms with Crippen molar-refractivity contribution in [1.82, 2.24) is 18.9 Å². The van der Waals surface area contributed by atoms with Crippen molar-refractivity contribution in [2.24, 2.45) is 0 Å². The highest BCUT2D eigenvalue weighted by molar-refractivity contribution is 6.30. The number of halogens is 1. The fourth-order valence-corrected chi connectivity index (χ4v) is 3.95. The Kier molecular flexibility index (Phi) is 4.81. The molecule has 1 fully saturated rings. The van der Waals surface area contributed by atoms with E-state index in [1.165, 1.54) is 0 Å². The number of likely N-dealkylation sites (tertiary alicyclic amines) is 1. The molecule has 2 aromatic heterocycles. The zero-order valence-corrected chi connectivity index (χ0v) is 16.4. The molecule has 1 amide bonds. The van der Waals surface area contributed by atoms with E-state index in [0.29, 0.717) is 23.0 Å². The Labute approximate surface area is 167 Å². The van der Waals surface area contributed by atoms with E-state index in [4.69, 9.17) is 11.6 Å². The maximum Gasteiger partial charge on any atom is 0.295 e. The van der Waals surface area contributed by atoms with E-state index < -0.39 is 0 Å². The maximum absolute atomic E-state index is 13.1. The first kappa shape index (κ1) is 18.5. The van der Waals surface area contributed by atoms with Crippen LogP contribution < -0.4 is 5.56 Å². The highest BCUT2D eigenvalue weighted by Crippen LogP contribution is 2.23. The van der Waals surface area contributed by atoms with Crippen molar-refractivity contribution in [2.75, 3.05) is 6.54 Å². The first-order valence-corrected chi connectivity index (χ1v) is 9.67. The zero-order valence-electron chi connectivity index (χ0n) is 15.6. The number of allylic oxidation sites excluding steroid dienone is 1. The van der Waals surface area contributed by atoms with Crippen LogP contribution in [0.25, 0.3) is 16.9 Å². The maximum atomic E-state index is 13.1. The Morgan fingerprint density at radius 1 is 1.39 bits per heavy atom. The number of carbonyl (C=O) groups excluding carboxylic acids is 1. The third-order valence-corrected chi connectivity index (χ3v) is 5.42. The molecule has 3 aromatic rings. The van der Waals surface area contributed by atoms with Crippen LogP contribution in [-0.4, -0.2) is 37.3 Å². The van der Waals surface area contributed by atoms with Gasteiger partial charge in [0, 0.05) is 42.1 Å². The van der Waals surface area contributed by atoms with Crippen molar-refractivity contribution in [3.8, 4) is 11.3 Å². The summed E-state index contributed by atoms with van der Waals surface area (Å²) in [6, 6.07) is 7.50. The minimum Gasteiger partial charge on any atom is -0.335 e. The van der Waals surface area contributed by atoms with E-state index in [1.807, 2.05) is 30.2 Å². The van der Waals surface area contributed by atoms with E-state index in [0.717, 1.165) is 24.9 Å². The van der Waals surface area contributed by atoms with Gasteiger partial charge < -0.3 is 4.90 Å². The highest BCUT2D eigenvalue weighted by Gasteiger charge is 2.28. The molecule has 4 rings (SSSR count). The molecule has 1 aliphatic heterocycles. The molecule has 0 spiro atoms. The lowest BCUT2D eigenvalue weighted by atomic mass is 10.1. The zero-order chi connectivity index (χ0) is 19.8. The average molecular weight is 397 g/mol. The van der Waals surface area contributed by atoms with Gasteiger partial charge in [-0.3, -0.25) is 18.6 Å². The van der Waals surface area contributed by atoms with E-state index >= 15 is 0 Å². The van der Waals surface area contributed by atoms with E-state index in [1.54, 1.807) is 33.4 Å². The number of fused-ring (bicyclic) bond motifs is 1. The van der Waals surface area contributed by atoms with Gasteiger partial charge in [-0.25, -0.2) is 4.98 Å².